The number of hydrogen-bond donors (Lipinski definition) is 1. The molecule has 0 heterocycles. The fourth-order valence-corrected chi connectivity index (χ4v) is 3.48. The Labute approximate surface area is 154 Å². The molecule has 0 amide bonds. The lowest BCUT2D eigenvalue weighted by Crippen LogP contribution is -1.89. The molecule has 126 valence electrons. The summed E-state index contributed by atoms with van der Waals surface area (Å²) in [5.74, 6) is 0. The molecule has 0 spiro atoms. The minimum atomic E-state index is 0.896. The van der Waals surface area contributed by atoms with E-state index in [0.717, 1.165) is 12.1 Å². The van der Waals surface area contributed by atoms with Gasteiger partial charge in [0, 0.05) is 11.3 Å². The fraction of sp³-hybridized carbons (Fsp3) is 0.0400. The van der Waals surface area contributed by atoms with Crippen molar-refractivity contribution in [1.29, 1.82) is 0 Å². The highest BCUT2D eigenvalue weighted by Gasteiger charge is 2.18. The summed E-state index contributed by atoms with van der Waals surface area (Å²) in [4.78, 5) is 0. The summed E-state index contributed by atoms with van der Waals surface area (Å²) in [6.45, 7) is 0. The third kappa shape index (κ3) is 3.25. The van der Waals surface area contributed by atoms with Crippen LogP contribution in [0.5, 0.6) is 0 Å². The van der Waals surface area contributed by atoms with Crippen molar-refractivity contribution in [3.63, 3.8) is 0 Å². The van der Waals surface area contributed by atoms with Gasteiger partial charge in [0.2, 0.25) is 0 Å². The van der Waals surface area contributed by atoms with Crippen LogP contribution in [0.25, 0.3) is 22.3 Å². The summed E-state index contributed by atoms with van der Waals surface area (Å²) >= 11 is 0. The zero-order chi connectivity index (χ0) is 17.8. The van der Waals surface area contributed by atoms with E-state index in [-0.39, 0.29) is 0 Å². The summed E-state index contributed by atoms with van der Waals surface area (Å²) in [5.41, 5.74) is 14.7. The van der Waals surface area contributed by atoms with E-state index in [1.165, 1.54) is 33.4 Å². The number of hydrogen-bond acceptors (Lipinski definition) is 1. The monoisotopic (exact) mass is 335 g/mol. The summed E-state index contributed by atoms with van der Waals surface area (Å²) < 4.78 is 0. The van der Waals surface area contributed by atoms with Crippen LogP contribution in [0.2, 0.25) is 0 Å². The Bertz CT molecular complexity index is 967. The molecule has 0 atom stereocenters. The van der Waals surface area contributed by atoms with Crippen molar-refractivity contribution in [1.82, 2.24) is 0 Å². The van der Waals surface area contributed by atoms with E-state index < -0.39 is 0 Å². The van der Waals surface area contributed by atoms with Crippen molar-refractivity contribution in [2.24, 2.45) is 0 Å². The molecule has 26 heavy (non-hydrogen) atoms. The Balaban J connectivity index is 0.000000131. The maximum absolute atomic E-state index is 5.99. The van der Waals surface area contributed by atoms with Crippen LogP contribution in [0.3, 0.4) is 0 Å². The second-order valence-corrected chi connectivity index (χ2v) is 6.45. The molecule has 0 bridgehead atoms. The summed E-state index contributed by atoms with van der Waals surface area (Å²) in [7, 11) is 0. The molecule has 1 heteroatoms. The minimum Gasteiger partial charge on any atom is -0.398 e. The normalized spacial score (nSPS) is 11.1. The first-order valence-electron chi connectivity index (χ1n) is 8.89. The molecule has 0 saturated heterocycles. The standard InChI is InChI=1S/C13H11N.C12H10/c14-12-7-3-5-10-8-9-4-1-2-6-11(9)13(10)12;1-3-7-11(8-4-1)12-9-5-2-6-10-12/h1-7H,8,14H2;1-10H. The van der Waals surface area contributed by atoms with Gasteiger partial charge in [0.1, 0.15) is 0 Å². The van der Waals surface area contributed by atoms with Crippen LogP contribution in [0.4, 0.5) is 5.69 Å². The Morgan fingerprint density at radius 1 is 0.500 bits per heavy atom. The lowest BCUT2D eigenvalue weighted by molar-refractivity contribution is 1.26. The van der Waals surface area contributed by atoms with E-state index in [0.29, 0.717) is 0 Å². The smallest absolute Gasteiger partial charge is 0.0396 e. The van der Waals surface area contributed by atoms with Gasteiger partial charge in [-0.2, -0.15) is 0 Å². The van der Waals surface area contributed by atoms with Gasteiger partial charge in [0.05, 0.1) is 0 Å². The molecule has 1 nitrogen and oxygen atoms in total. The van der Waals surface area contributed by atoms with Crippen LogP contribution in [-0.2, 0) is 6.42 Å². The molecule has 1 aliphatic carbocycles. The van der Waals surface area contributed by atoms with Gasteiger partial charge in [-0.3, -0.25) is 0 Å². The second-order valence-electron chi connectivity index (χ2n) is 6.45. The van der Waals surface area contributed by atoms with Crippen LogP contribution < -0.4 is 5.73 Å². The molecule has 1 aliphatic rings. The predicted octanol–water partition coefficient (Wildman–Crippen LogP) is 6.19. The van der Waals surface area contributed by atoms with Gasteiger partial charge in [0.15, 0.2) is 0 Å². The van der Waals surface area contributed by atoms with Gasteiger partial charge in [-0.25, -0.2) is 0 Å². The first-order chi connectivity index (χ1) is 12.8. The van der Waals surface area contributed by atoms with Crippen LogP contribution in [0.1, 0.15) is 11.1 Å². The van der Waals surface area contributed by atoms with Crippen LogP contribution >= 0.6 is 0 Å². The Kier molecular flexibility index (Phi) is 4.53. The molecule has 5 rings (SSSR count). The highest BCUT2D eigenvalue weighted by Crippen LogP contribution is 2.39. The first kappa shape index (κ1) is 16.2. The van der Waals surface area contributed by atoms with Gasteiger partial charge in [-0.15, -0.1) is 0 Å². The van der Waals surface area contributed by atoms with Gasteiger partial charge in [-0.1, -0.05) is 97.1 Å². The summed E-state index contributed by atoms with van der Waals surface area (Å²) in [6.07, 6.45) is 1.02. The van der Waals surface area contributed by atoms with Crippen molar-refractivity contribution in [2.75, 3.05) is 5.73 Å². The van der Waals surface area contributed by atoms with Gasteiger partial charge in [0.25, 0.3) is 0 Å². The number of nitrogens with two attached hydrogens (primary N) is 1. The van der Waals surface area contributed by atoms with Gasteiger partial charge < -0.3 is 5.73 Å². The van der Waals surface area contributed by atoms with Crippen LogP contribution in [0.15, 0.2) is 103 Å². The Hall–Kier alpha value is -3.32. The minimum absolute atomic E-state index is 0.896. The SMILES string of the molecule is Nc1cccc2c1-c1ccccc1C2.c1ccc(-c2ccccc2)cc1. The Morgan fingerprint density at radius 3 is 1.69 bits per heavy atom. The van der Waals surface area contributed by atoms with Crippen molar-refractivity contribution in [3.8, 4) is 22.3 Å². The van der Waals surface area contributed by atoms with Crippen molar-refractivity contribution >= 4 is 5.69 Å². The number of rotatable bonds is 1. The zero-order valence-corrected chi connectivity index (χ0v) is 14.6. The second kappa shape index (κ2) is 7.28. The van der Waals surface area contributed by atoms with E-state index in [2.05, 4.69) is 78.9 Å². The molecule has 0 aromatic heterocycles. The number of benzene rings is 4. The molecule has 2 N–H and O–H groups in total. The lowest BCUT2D eigenvalue weighted by atomic mass is 10.0. The van der Waals surface area contributed by atoms with Crippen molar-refractivity contribution in [2.45, 2.75) is 6.42 Å². The average molecular weight is 335 g/mol. The summed E-state index contributed by atoms with van der Waals surface area (Å²) in [5, 5.41) is 0. The zero-order valence-electron chi connectivity index (χ0n) is 14.6. The third-order valence-corrected chi connectivity index (χ3v) is 4.73. The lowest BCUT2D eigenvalue weighted by Gasteiger charge is -2.03. The molecular weight excluding hydrogens is 314 g/mol. The summed E-state index contributed by atoms with van der Waals surface area (Å²) in [6, 6.07) is 35.4. The molecule has 4 aromatic rings. The average Bonchev–Trinajstić information content (AvgIpc) is 3.10. The van der Waals surface area contributed by atoms with Crippen LogP contribution in [0, 0.1) is 0 Å². The fourth-order valence-electron chi connectivity index (χ4n) is 3.48. The van der Waals surface area contributed by atoms with E-state index in [9.17, 15) is 0 Å². The van der Waals surface area contributed by atoms with Gasteiger partial charge in [-0.05, 0) is 40.3 Å². The highest BCUT2D eigenvalue weighted by molar-refractivity contribution is 5.85. The number of anilines is 1. The van der Waals surface area contributed by atoms with E-state index in [4.69, 9.17) is 5.73 Å². The van der Waals surface area contributed by atoms with Gasteiger partial charge >= 0.3 is 0 Å². The number of fused-ring (bicyclic) bond motifs is 3. The maximum atomic E-state index is 5.99. The molecular formula is C25H21N. The molecule has 0 fully saturated rings. The van der Waals surface area contributed by atoms with Crippen molar-refractivity contribution < 1.29 is 0 Å². The largest absolute Gasteiger partial charge is 0.398 e. The predicted molar refractivity (Wildman–Crippen MR) is 111 cm³/mol. The van der Waals surface area contributed by atoms with E-state index in [1.807, 2.05) is 24.3 Å². The number of nitrogen functional groups attached to an aromatic ring is 1. The van der Waals surface area contributed by atoms with E-state index >= 15 is 0 Å². The third-order valence-electron chi connectivity index (χ3n) is 4.73. The quantitative estimate of drug-likeness (QED) is 0.363. The molecule has 0 radical (unpaired) electrons. The van der Waals surface area contributed by atoms with E-state index in [1.54, 1.807) is 0 Å². The maximum Gasteiger partial charge on any atom is 0.0396 e. The Morgan fingerprint density at radius 2 is 1.04 bits per heavy atom. The highest BCUT2D eigenvalue weighted by atomic mass is 14.6. The molecule has 4 aromatic carbocycles. The molecule has 0 aliphatic heterocycles. The topological polar surface area (TPSA) is 26.0 Å². The molecule has 0 saturated carbocycles. The molecule has 0 unspecified atom stereocenters. The van der Waals surface area contributed by atoms with Crippen molar-refractivity contribution in [3.05, 3.63) is 114 Å². The van der Waals surface area contributed by atoms with Crippen LogP contribution in [-0.4, -0.2) is 0 Å². The first-order valence-corrected chi connectivity index (χ1v) is 8.89.